The molecule has 0 fully saturated rings. The molecule has 0 amide bonds. The molecular formula is C14H15FN4O2. The molecular weight excluding hydrogens is 275 g/mol. The molecule has 2 aromatic heterocycles. The fourth-order valence-electron chi connectivity index (χ4n) is 2.12. The van der Waals surface area contributed by atoms with Gasteiger partial charge in [0.1, 0.15) is 23.3 Å². The number of benzene rings is 1. The summed E-state index contributed by atoms with van der Waals surface area (Å²) in [5.41, 5.74) is 0.531. The topological polar surface area (TPSA) is 77.0 Å². The van der Waals surface area contributed by atoms with Gasteiger partial charge in [-0.1, -0.05) is 6.92 Å². The molecule has 0 unspecified atom stereocenters. The van der Waals surface area contributed by atoms with Crippen LogP contribution in [0.2, 0.25) is 0 Å². The predicted octanol–water partition coefficient (Wildman–Crippen LogP) is 2.24. The van der Waals surface area contributed by atoms with Crippen LogP contribution in [0.5, 0.6) is 0 Å². The van der Waals surface area contributed by atoms with Gasteiger partial charge in [0, 0.05) is 11.8 Å². The molecule has 0 aliphatic heterocycles. The van der Waals surface area contributed by atoms with Gasteiger partial charge in [0.15, 0.2) is 5.82 Å². The van der Waals surface area contributed by atoms with Crippen LogP contribution in [0.1, 0.15) is 31.0 Å². The Morgan fingerprint density at radius 2 is 2.24 bits per heavy atom. The molecule has 21 heavy (non-hydrogen) atoms. The summed E-state index contributed by atoms with van der Waals surface area (Å²) in [7, 11) is 0. The molecule has 0 saturated carbocycles. The number of aryl methyl sites for hydroxylation is 1. The lowest BCUT2D eigenvalue weighted by Crippen LogP contribution is -2.11. The first kappa shape index (κ1) is 13.7. The van der Waals surface area contributed by atoms with Crippen LogP contribution in [0.15, 0.2) is 28.7 Å². The smallest absolute Gasteiger partial charge is 0.174 e. The standard InChI is InChI=1S/C14H15FN4O2/c1-2-3-14-16-18-19(17-14)8-11(20)13-7-9-6-10(15)4-5-12(9)21-13/h4-7,11,20H,2-3,8H2,1H3/t11-/m0/s1. The molecule has 7 heteroatoms. The molecule has 0 saturated heterocycles. The van der Waals surface area contributed by atoms with Crippen molar-refractivity contribution in [2.45, 2.75) is 32.4 Å². The molecule has 3 rings (SSSR count). The van der Waals surface area contributed by atoms with E-state index in [1.807, 2.05) is 6.92 Å². The molecule has 0 bridgehead atoms. The summed E-state index contributed by atoms with van der Waals surface area (Å²) in [6.45, 7) is 2.17. The van der Waals surface area contributed by atoms with Crippen LogP contribution in [-0.4, -0.2) is 25.3 Å². The quantitative estimate of drug-likeness (QED) is 0.779. The van der Waals surface area contributed by atoms with Crippen LogP contribution in [0.25, 0.3) is 11.0 Å². The number of halogens is 1. The van der Waals surface area contributed by atoms with E-state index in [2.05, 4.69) is 15.4 Å². The Morgan fingerprint density at radius 1 is 1.38 bits per heavy atom. The Labute approximate surface area is 120 Å². The van der Waals surface area contributed by atoms with Crippen molar-refractivity contribution < 1.29 is 13.9 Å². The van der Waals surface area contributed by atoms with Crippen LogP contribution in [0, 0.1) is 5.82 Å². The second kappa shape index (κ2) is 5.61. The number of rotatable bonds is 5. The van der Waals surface area contributed by atoms with Crippen molar-refractivity contribution in [3.63, 3.8) is 0 Å². The number of nitrogens with zero attached hydrogens (tertiary/aromatic N) is 4. The number of furan rings is 1. The monoisotopic (exact) mass is 290 g/mol. The highest BCUT2D eigenvalue weighted by molar-refractivity contribution is 5.77. The van der Waals surface area contributed by atoms with Gasteiger partial charge in [0.25, 0.3) is 0 Å². The van der Waals surface area contributed by atoms with Crippen LogP contribution >= 0.6 is 0 Å². The molecule has 1 N–H and O–H groups in total. The number of hydrogen-bond donors (Lipinski definition) is 1. The molecule has 0 aliphatic carbocycles. The average molecular weight is 290 g/mol. The van der Waals surface area contributed by atoms with Crippen molar-refractivity contribution in [3.8, 4) is 0 Å². The maximum atomic E-state index is 13.1. The molecule has 1 atom stereocenters. The zero-order valence-electron chi connectivity index (χ0n) is 11.5. The first-order chi connectivity index (χ1) is 10.2. The minimum Gasteiger partial charge on any atom is -0.458 e. The average Bonchev–Trinajstić information content (AvgIpc) is 3.05. The minimum atomic E-state index is -0.913. The molecule has 6 nitrogen and oxygen atoms in total. The van der Waals surface area contributed by atoms with Gasteiger partial charge >= 0.3 is 0 Å². The highest BCUT2D eigenvalue weighted by Crippen LogP contribution is 2.25. The number of aliphatic hydroxyl groups is 1. The zero-order valence-corrected chi connectivity index (χ0v) is 11.5. The second-order valence-corrected chi connectivity index (χ2v) is 4.86. The van der Waals surface area contributed by atoms with E-state index in [9.17, 15) is 9.50 Å². The number of hydrogen-bond acceptors (Lipinski definition) is 5. The zero-order chi connectivity index (χ0) is 14.8. The normalized spacial score (nSPS) is 12.9. The van der Waals surface area contributed by atoms with Crippen LogP contribution in [-0.2, 0) is 13.0 Å². The fourth-order valence-corrected chi connectivity index (χ4v) is 2.12. The number of aliphatic hydroxyl groups excluding tert-OH is 1. The third-order valence-corrected chi connectivity index (χ3v) is 3.13. The summed E-state index contributed by atoms with van der Waals surface area (Å²) in [5.74, 6) is 0.660. The minimum absolute atomic E-state index is 0.138. The third-order valence-electron chi connectivity index (χ3n) is 3.13. The fraction of sp³-hybridized carbons (Fsp3) is 0.357. The Kier molecular flexibility index (Phi) is 3.66. The lowest BCUT2D eigenvalue weighted by molar-refractivity contribution is 0.122. The Bertz CT molecular complexity index is 752. The predicted molar refractivity (Wildman–Crippen MR) is 72.9 cm³/mol. The van der Waals surface area contributed by atoms with Gasteiger partial charge in [-0.25, -0.2) is 4.39 Å². The summed E-state index contributed by atoms with van der Waals surface area (Å²) in [6, 6.07) is 5.83. The summed E-state index contributed by atoms with van der Waals surface area (Å²) >= 11 is 0. The molecule has 3 aromatic rings. The van der Waals surface area contributed by atoms with Gasteiger partial charge in [-0.2, -0.15) is 4.80 Å². The largest absolute Gasteiger partial charge is 0.458 e. The van der Waals surface area contributed by atoms with Crippen molar-refractivity contribution in [1.82, 2.24) is 20.2 Å². The number of tetrazole rings is 1. The molecule has 2 heterocycles. The van der Waals surface area contributed by atoms with Crippen LogP contribution in [0.3, 0.4) is 0 Å². The second-order valence-electron chi connectivity index (χ2n) is 4.86. The molecule has 0 aliphatic rings. The number of aromatic nitrogens is 4. The summed E-state index contributed by atoms with van der Waals surface area (Å²) in [5, 5.41) is 22.7. The Balaban J connectivity index is 1.77. The van der Waals surface area contributed by atoms with E-state index in [-0.39, 0.29) is 12.4 Å². The summed E-state index contributed by atoms with van der Waals surface area (Å²) in [6.07, 6.45) is 0.771. The third kappa shape index (κ3) is 2.92. The van der Waals surface area contributed by atoms with Gasteiger partial charge in [0.2, 0.25) is 0 Å². The summed E-state index contributed by atoms with van der Waals surface area (Å²) in [4.78, 5) is 1.34. The first-order valence-corrected chi connectivity index (χ1v) is 6.79. The van der Waals surface area contributed by atoms with E-state index >= 15 is 0 Å². The van der Waals surface area contributed by atoms with Crippen molar-refractivity contribution in [1.29, 1.82) is 0 Å². The van der Waals surface area contributed by atoms with E-state index in [1.54, 1.807) is 6.07 Å². The molecule has 1 aromatic carbocycles. The highest BCUT2D eigenvalue weighted by atomic mass is 19.1. The summed E-state index contributed by atoms with van der Waals surface area (Å²) < 4.78 is 18.6. The van der Waals surface area contributed by atoms with E-state index in [4.69, 9.17) is 4.42 Å². The van der Waals surface area contributed by atoms with Crippen molar-refractivity contribution in [3.05, 3.63) is 41.7 Å². The van der Waals surface area contributed by atoms with Gasteiger partial charge in [-0.3, -0.25) is 0 Å². The lowest BCUT2D eigenvalue weighted by atomic mass is 10.2. The van der Waals surface area contributed by atoms with E-state index in [1.165, 1.54) is 23.0 Å². The van der Waals surface area contributed by atoms with Crippen molar-refractivity contribution >= 4 is 11.0 Å². The van der Waals surface area contributed by atoms with Crippen LogP contribution in [0.4, 0.5) is 4.39 Å². The van der Waals surface area contributed by atoms with Crippen molar-refractivity contribution in [2.24, 2.45) is 0 Å². The van der Waals surface area contributed by atoms with E-state index < -0.39 is 6.10 Å². The van der Waals surface area contributed by atoms with Gasteiger partial charge in [0.05, 0.1) is 6.54 Å². The van der Waals surface area contributed by atoms with E-state index in [0.717, 1.165) is 12.8 Å². The van der Waals surface area contributed by atoms with E-state index in [0.29, 0.717) is 22.6 Å². The van der Waals surface area contributed by atoms with Crippen molar-refractivity contribution in [2.75, 3.05) is 0 Å². The molecule has 0 spiro atoms. The van der Waals surface area contributed by atoms with Gasteiger partial charge in [-0.15, -0.1) is 10.2 Å². The van der Waals surface area contributed by atoms with Gasteiger partial charge < -0.3 is 9.52 Å². The first-order valence-electron chi connectivity index (χ1n) is 6.79. The Hall–Kier alpha value is -2.28. The molecule has 110 valence electrons. The maximum absolute atomic E-state index is 13.1. The maximum Gasteiger partial charge on any atom is 0.174 e. The molecule has 0 radical (unpaired) electrons. The lowest BCUT2D eigenvalue weighted by Gasteiger charge is -2.05. The SMILES string of the molecule is CCCc1nnn(C[C@H](O)c2cc3cc(F)ccc3o2)n1. The number of fused-ring (bicyclic) bond motifs is 1. The van der Waals surface area contributed by atoms with Crippen LogP contribution < -0.4 is 0 Å². The Morgan fingerprint density at radius 3 is 3.05 bits per heavy atom. The highest BCUT2D eigenvalue weighted by Gasteiger charge is 2.16. The van der Waals surface area contributed by atoms with Gasteiger partial charge in [-0.05, 0) is 35.9 Å².